The Bertz CT molecular complexity index is 763. The van der Waals surface area contributed by atoms with Crippen LogP contribution in [-0.2, 0) is 12.0 Å². The molecule has 0 bridgehead atoms. The molecule has 27 heavy (non-hydrogen) atoms. The molecule has 0 aromatic heterocycles. The lowest BCUT2D eigenvalue weighted by atomic mass is 9.73. The molecule has 0 heterocycles. The molecule has 2 aromatic rings. The second kappa shape index (κ2) is 9.40. The number of rotatable bonds is 10. The maximum atomic E-state index is 10.1. The molecule has 0 amide bonds. The fourth-order valence-electron chi connectivity index (χ4n) is 4.17. The van der Waals surface area contributed by atoms with Gasteiger partial charge in [0, 0.05) is 11.6 Å². The van der Waals surface area contributed by atoms with Gasteiger partial charge in [0.15, 0.2) is 0 Å². The summed E-state index contributed by atoms with van der Waals surface area (Å²) < 4.78 is 0. The first-order valence-electron chi connectivity index (χ1n) is 10.1. The fourth-order valence-corrected chi connectivity index (χ4v) is 4.48. The number of benzene rings is 2. The van der Waals surface area contributed by atoms with E-state index in [1.807, 2.05) is 18.2 Å². The number of nitriles is 1. The lowest BCUT2D eigenvalue weighted by Crippen LogP contribution is -2.31. The molecule has 0 N–H and O–H groups in total. The summed E-state index contributed by atoms with van der Waals surface area (Å²) in [6.07, 6.45) is 5.32. The number of halogens is 1. The average molecular weight is 381 g/mol. The van der Waals surface area contributed by atoms with E-state index in [1.165, 1.54) is 5.56 Å². The van der Waals surface area contributed by atoms with E-state index in [9.17, 15) is 5.26 Å². The lowest BCUT2D eigenvalue weighted by Gasteiger charge is -2.30. The number of hydrogen-bond donors (Lipinski definition) is 0. The molecule has 0 radical (unpaired) electrons. The Morgan fingerprint density at radius 3 is 2.41 bits per heavy atom. The summed E-state index contributed by atoms with van der Waals surface area (Å²) in [5.74, 6) is 0.455. The summed E-state index contributed by atoms with van der Waals surface area (Å²) in [6.45, 7) is 5.31. The van der Waals surface area contributed by atoms with Gasteiger partial charge in [-0.3, -0.25) is 4.90 Å². The minimum Gasteiger partial charge on any atom is -0.299 e. The zero-order valence-electron chi connectivity index (χ0n) is 16.2. The molecule has 3 heteroatoms. The predicted octanol–water partition coefficient (Wildman–Crippen LogP) is 6.20. The zero-order valence-corrected chi connectivity index (χ0v) is 17.0. The van der Waals surface area contributed by atoms with Gasteiger partial charge in [-0.1, -0.05) is 67.1 Å². The van der Waals surface area contributed by atoms with Crippen molar-refractivity contribution in [3.63, 3.8) is 0 Å². The van der Waals surface area contributed by atoms with Crippen molar-refractivity contribution >= 4 is 11.6 Å². The normalized spacial score (nSPS) is 16.1. The van der Waals surface area contributed by atoms with Crippen molar-refractivity contribution < 1.29 is 0 Å². The summed E-state index contributed by atoms with van der Waals surface area (Å²) in [5, 5.41) is 10.9. The summed E-state index contributed by atoms with van der Waals surface area (Å²) in [6, 6.07) is 21.3. The third-order valence-corrected chi connectivity index (χ3v) is 5.99. The monoisotopic (exact) mass is 380 g/mol. The molecule has 0 aliphatic heterocycles. The molecule has 1 atom stereocenters. The van der Waals surface area contributed by atoms with Crippen LogP contribution in [0.4, 0.5) is 0 Å². The van der Waals surface area contributed by atoms with Crippen molar-refractivity contribution in [2.45, 2.75) is 51.0 Å². The summed E-state index contributed by atoms with van der Waals surface area (Å²) in [7, 11) is 0. The van der Waals surface area contributed by atoms with Crippen molar-refractivity contribution in [1.29, 1.82) is 5.26 Å². The molecule has 2 nitrogen and oxygen atoms in total. The van der Waals surface area contributed by atoms with Gasteiger partial charge >= 0.3 is 0 Å². The van der Waals surface area contributed by atoms with E-state index in [-0.39, 0.29) is 0 Å². The Morgan fingerprint density at radius 1 is 1.07 bits per heavy atom. The Morgan fingerprint density at radius 2 is 1.78 bits per heavy atom. The minimum atomic E-state index is -0.428. The van der Waals surface area contributed by atoms with E-state index in [0.717, 1.165) is 62.3 Å². The molecule has 1 aliphatic rings. The minimum absolute atomic E-state index is 0.428. The molecular weight excluding hydrogens is 352 g/mol. The molecule has 1 aliphatic carbocycles. The highest BCUT2D eigenvalue weighted by Gasteiger charge is 2.47. The van der Waals surface area contributed by atoms with Crippen LogP contribution in [0.5, 0.6) is 0 Å². The first kappa shape index (κ1) is 19.9. The van der Waals surface area contributed by atoms with Gasteiger partial charge in [0.25, 0.3) is 0 Å². The van der Waals surface area contributed by atoms with Crippen molar-refractivity contribution in [3.05, 3.63) is 70.7 Å². The van der Waals surface area contributed by atoms with Gasteiger partial charge in [0.1, 0.15) is 0 Å². The third kappa shape index (κ3) is 4.92. The van der Waals surface area contributed by atoms with E-state index in [4.69, 9.17) is 11.6 Å². The van der Waals surface area contributed by atoms with Gasteiger partial charge in [-0.05, 0) is 68.3 Å². The van der Waals surface area contributed by atoms with E-state index in [1.54, 1.807) is 0 Å². The molecule has 3 rings (SSSR count). The first-order chi connectivity index (χ1) is 13.2. The van der Waals surface area contributed by atoms with Crippen LogP contribution in [-0.4, -0.2) is 18.0 Å². The highest BCUT2D eigenvalue weighted by Crippen LogP contribution is 2.51. The molecule has 1 fully saturated rings. The van der Waals surface area contributed by atoms with E-state index in [2.05, 4.69) is 54.3 Å². The van der Waals surface area contributed by atoms with E-state index >= 15 is 0 Å². The van der Waals surface area contributed by atoms with Crippen molar-refractivity contribution in [1.82, 2.24) is 4.90 Å². The van der Waals surface area contributed by atoms with Crippen LogP contribution in [0.15, 0.2) is 54.6 Å². The van der Waals surface area contributed by atoms with Crippen LogP contribution in [0.3, 0.4) is 0 Å². The van der Waals surface area contributed by atoms with Crippen LogP contribution < -0.4 is 0 Å². The standard InChI is InChI=1S/C24H29ClN2/c1-2-16-27(18-20-9-4-3-5-10-20)17-8-15-24(19-26,21-13-14-21)22-11-6-7-12-23(22)25/h3-7,9-12,21H,2,8,13-18H2,1H3. The van der Waals surface area contributed by atoms with Gasteiger partial charge < -0.3 is 0 Å². The molecular formula is C24H29ClN2. The molecule has 0 spiro atoms. The van der Waals surface area contributed by atoms with Crippen LogP contribution in [0.2, 0.25) is 5.02 Å². The van der Waals surface area contributed by atoms with Crippen molar-refractivity contribution in [2.24, 2.45) is 5.92 Å². The van der Waals surface area contributed by atoms with Gasteiger partial charge in [-0.15, -0.1) is 0 Å². The van der Waals surface area contributed by atoms with Crippen molar-refractivity contribution in [2.75, 3.05) is 13.1 Å². The molecule has 2 aromatic carbocycles. The van der Waals surface area contributed by atoms with Crippen LogP contribution in [0.1, 0.15) is 50.2 Å². The maximum absolute atomic E-state index is 10.1. The quantitative estimate of drug-likeness (QED) is 0.490. The molecule has 0 saturated heterocycles. The fraction of sp³-hybridized carbons (Fsp3) is 0.458. The summed E-state index contributed by atoms with van der Waals surface area (Å²) in [4.78, 5) is 2.51. The highest BCUT2D eigenvalue weighted by molar-refractivity contribution is 6.31. The zero-order chi connectivity index (χ0) is 19.1. The smallest absolute Gasteiger partial charge is 0.0865 e. The van der Waals surface area contributed by atoms with Gasteiger partial charge in [-0.2, -0.15) is 5.26 Å². The van der Waals surface area contributed by atoms with Crippen LogP contribution >= 0.6 is 11.6 Å². The van der Waals surface area contributed by atoms with Gasteiger partial charge in [0.2, 0.25) is 0 Å². The average Bonchev–Trinajstić information content (AvgIpc) is 3.53. The van der Waals surface area contributed by atoms with Gasteiger partial charge in [-0.25, -0.2) is 0 Å². The SMILES string of the molecule is CCCN(CCCC(C#N)(c1ccccc1Cl)C1CC1)Cc1ccccc1. The third-order valence-electron chi connectivity index (χ3n) is 5.66. The van der Waals surface area contributed by atoms with Crippen molar-refractivity contribution in [3.8, 4) is 6.07 Å². The predicted molar refractivity (Wildman–Crippen MR) is 113 cm³/mol. The van der Waals surface area contributed by atoms with Crippen LogP contribution in [0.25, 0.3) is 0 Å². The highest BCUT2D eigenvalue weighted by atomic mass is 35.5. The maximum Gasteiger partial charge on any atom is 0.0865 e. The molecule has 142 valence electrons. The lowest BCUT2D eigenvalue weighted by molar-refractivity contribution is 0.250. The second-order valence-electron chi connectivity index (χ2n) is 7.70. The Balaban J connectivity index is 1.68. The molecule has 1 unspecified atom stereocenters. The Labute approximate surface area is 168 Å². The Kier molecular flexibility index (Phi) is 6.94. The summed E-state index contributed by atoms with van der Waals surface area (Å²) >= 11 is 6.50. The van der Waals surface area contributed by atoms with E-state index in [0.29, 0.717) is 5.92 Å². The van der Waals surface area contributed by atoms with Gasteiger partial charge in [0.05, 0.1) is 11.5 Å². The Hall–Kier alpha value is -1.82. The summed E-state index contributed by atoms with van der Waals surface area (Å²) in [5.41, 5.74) is 1.95. The van der Waals surface area contributed by atoms with E-state index < -0.39 is 5.41 Å². The number of nitrogens with zero attached hydrogens (tertiary/aromatic N) is 2. The largest absolute Gasteiger partial charge is 0.299 e. The second-order valence-corrected chi connectivity index (χ2v) is 8.11. The first-order valence-corrected chi connectivity index (χ1v) is 10.5. The molecule has 1 saturated carbocycles. The topological polar surface area (TPSA) is 27.0 Å². The van der Waals surface area contributed by atoms with Crippen LogP contribution in [0, 0.1) is 17.2 Å². The number of hydrogen-bond acceptors (Lipinski definition) is 2.